The van der Waals surface area contributed by atoms with E-state index in [0.29, 0.717) is 6.42 Å². The third kappa shape index (κ3) is 0.800. The van der Waals surface area contributed by atoms with E-state index in [4.69, 9.17) is 0 Å². The number of imide groups is 1. The Labute approximate surface area is 65.4 Å². The van der Waals surface area contributed by atoms with Gasteiger partial charge in [0.1, 0.15) is 0 Å². The molecule has 3 heteroatoms. The Morgan fingerprint density at radius 3 is 2.82 bits per heavy atom. The zero-order chi connectivity index (χ0) is 8.01. The van der Waals surface area contributed by atoms with Gasteiger partial charge in [-0.2, -0.15) is 0 Å². The summed E-state index contributed by atoms with van der Waals surface area (Å²) in [6, 6.07) is 0.241. The van der Waals surface area contributed by atoms with Crippen LogP contribution in [0.1, 0.15) is 26.2 Å². The van der Waals surface area contributed by atoms with Crippen molar-refractivity contribution < 1.29 is 9.59 Å². The van der Waals surface area contributed by atoms with Crippen LogP contribution in [0.15, 0.2) is 0 Å². The van der Waals surface area contributed by atoms with Crippen LogP contribution in [0.3, 0.4) is 0 Å². The van der Waals surface area contributed by atoms with Gasteiger partial charge >= 0.3 is 0 Å². The van der Waals surface area contributed by atoms with E-state index >= 15 is 0 Å². The first-order chi connectivity index (χ1) is 5.20. The van der Waals surface area contributed by atoms with Gasteiger partial charge in [0.25, 0.3) is 0 Å². The quantitative estimate of drug-likeness (QED) is 0.476. The van der Waals surface area contributed by atoms with Gasteiger partial charge in [0.05, 0.1) is 0 Å². The zero-order valence-electron chi connectivity index (χ0n) is 6.54. The van der Waals surface area contributed by atoms with Crippen LogP contribution in [0.2, 0.25) is 0 Å². The van der Waals surface area contributed by atoms with E-state index < -0.39 is 0 Å². The van der Waals surface area contributed by atoms with Gasteiger partial charge in [0.2, 0.25) is 11.8 Å². The van der Waals surface area contributed by atoms with Crippen LogP contribution in [0, 0.1) is 5.92 Å². The molecule has 0 aliphatic carbocycles. The summed E-state index contributed by atoms with van der Waals surface area (Å²) in [4.78, 5) is 23.9. The molecule has 2 unspecified atom stereocenters. The van der Waals surface area contributed by atoms with Crippen LogP contribution in [0.4, 0.5) is 0 Å². The van der Waals surface area contributed by atoms with Gasteiger partial charge in [0.15, 0.2) is 0 Å². The van der Waals surface area contributed by atoms with Crippen molar-refractivity contribution in [2.75, 3.05) is 0 Å². The van der Waals surface area contributed by atoms with Crippen molar-refractivity contribution >= 4 is 11.8 Å². The summed E-state index contributed by atoms with van der Waals surface area (Å²) in [5, 5.41) is 0. The lowest BCUT2D eigenvalue weighted by Crippen LogP contribution is -2.32. The standard InChI is InChI=1S/C8H11NO2/c1-5-4-6-2-3-7(10)9(6)8(5)11/h5-6H,2-4H2,1H3. The summed E-state index contributed by atoms with van der Waals surface area (Å²) < 4.78 is 0. The van der Waals surface area contributed by atoms with Crippen LogP contribution in [-0.2, 0) is 9.59 Å². The molecule has 2 aliphatic heterocycles. The number of rotatable bonds is 0. The molecule has 2 amide bonds. The van der Waals surface area contributed by atoms with Crippen molar-refractivity contribution in [2.45, 2.75) is 32.2 Å². The predicted octanol–water partition coefficient (Wildman–Crippen LogP) is 0.544. The maximum atomic E-state index is 11.3. The summed E-state index contributed by atoms with van der Waals surface area (Å²) in [7, 11) is 0. The lowest BCUT2D eigenvalue weighted by atomic mass is 10.1. The summed E-state index contributed by atoms with van der Waals surface area (Å²) in [6.07, 6.45) is 2.34. The van der Waals surface area contributed by atoms with Crippen molar-refractivity contribution in [1.29, 1.82) is 0 Å². The van der Waals surface area contributed by atoms with E-state index in [9.17, 15) is 9.59 Å². The SMILES string of the molecule is CC1CC2CCC(=O)N2C1=O. The molecule has 11 heavy (non-hydrogen) atoms. The molecule has 0 aromatic rings. The fourth-order valence-electron chi connectivity index (χ4n) is 2.02. The van der Waals surface area contributed by atoms with Gasteiger partial charge in [-0.3, -0.25) is 14.5 Å². The minimum absolute atomic E-state index is 0.0318. The molecule has 0 radical (unpaired) electrons. The molecule has 0 spiro atoms. The Balaban J connectivity index is 2.26. The Hall–Kier alpha value is -0.860. The number of carbonyl (C=O) groups is 2. The molecular weight excluding hydrogens is 142 g/mol. The Bertz CT molecular complexity index is 224. The predicted molar refractivity (Wildman–Crippen MR) is 38.7 cm³/mol. The van der Waals surface area contributed by atoms with E-state index in [1.165, 1.54) is 4.90 Å². The number of fused-ring (bicyclic) bond motifs is 1. The summed E-state index contributed by atoms with van der Waals surface area (Å²) >= 11 is 0. The first kappa shape index (κ1) is 6.83. The average molecular weight is 153 g/mol. The van der Waals surface area contributed by atoms with Gasteiger partial charge < -0.3 is 0 Å². The van der Waals surface area contributed by atoms with Gasteiger partial charge in [-0.25, -0.2) is 0 Å². The van der Waals surface area contributed by atoms with Crippen LogP contribution in [0.5, 0.6) is 0 Å². The number of amides is 2. The van der Waals surface area contributed by atoms with Crippen LogP contribution < -0.4 is 0 Å². The first-order valence-electron chi connectivity index (χ1n) is 4.06. The molecule has 0 N–H and O–H groups in total. The lowest BCUT2D eigenvalue weighted by Gasteiger charge is -2.11. The fourth-order valence-corrected chi connectivity index (χ4v) is 2.02. The smallest absolute Gasteiger partial charge is 0.232 e. The number of hydrogen-bond acceptors (Lipinski definition) is 2. The van der Waals surface area contributed by atoms with Crippen LogP contribution >= 0.6 is 0 Å². The Kier molecular flexibility index (Phi) is 1.28. The third-order valence-electron chi connectivity index (χ3n) is 2.61. The maximum absolute atomic E-state index is 11.3. The minimum atomic E-state index is 0.0318. The van der Waals surface area contributed by atoms with Crippen molar-refractivity contribution in [3.63, 3.8) is 0 Å². The number of nitrogens with zero attached hydrogens (tertiary/aromatic N) is 1. The molecule has 2 fully saturated rings. The number of hydrogen-bond donors (Lipinski definition) is 0. The highest BCUT2D eigenvalue weighted by atomic mass is 16.2. The molecule has 0 aromatic heterocycles. The molecule has 0 saturated carbocycles. The monoisotopic (exact) mass is 153 g/mol. The largest absolute Gasteiger partial charge is 0.279 e. The van der Waals surface area contributed by atoms with Crippen LogP contribution in [0.25, 0.3) is 0 Å². The highest BCUT2D eigenvalue weighted by molar-refractivity contribution is 5.99. The second-order valence-electron chi connectivity index (χ2n) is 3.43. The van der Waals surface area contributed by atoms with Crippen molar-refractivity contribution in [2.24, 2.45) is 5.92 Å². The molecule has 0 bridgehead atoms. The van der Waals surface area contributed by atoms with Gasteiger partial charge in [-0.15, -0.1) is 0 Å². The topological polar surface area (TPSA) is 37.4 Å². The second kappa shape index (κ2) is 2.06. The summed E-state index contributed by atoms with van der Waals surface area (Å²) in [6.45, 7) is 1.90. The fraction of sp³-hybridized carbons (Fsp3) is 0.750. The molecule has 2 atom stereocenters. The molecule has 2 heterocycles. The van der Waals surface area contributed by atoms with E-state index in [1.807, 2.05) is 6.92 Å². The van der Waals surface area contributed by atoms with Crippen molar-refractivity contribution in [3.05, 3.63) is 0 Å². The molecular formula is C8H11NO2. The zero-order valence-corrected chi connectivity index (χ0v) is 6.54. The normalized spacial score (nSPS) is 36.6. The average Bonchev–Trinajstić information content (AvgIpc) is 2.41. The van der Waals surface area contributed by atoms with Crippen molar-refractivity contribution in [3.8, 4) is 0 Å². The molecule has 2 saturated heterocycles. The first-order valence-corrected chi connectivity index (χ1v) is 4.06. The maximum Gasteiger partial charge on any atom is 0.232 e. The van der Waals surface area contributed by atoms with E-state index in [2.05, 4.69) is 0 Å². The van der Waals surface area contributed by atoms with Gasteiger partial charge in [0, 0.05) is 18.4 Å². The highest BCUT2D eigenvalue weighted by Crippen LogP contribution is 2.32. The highest BCUT2D eigenvalue weighted by Gasteiger charge is 2.44. The van der Waals surface area contributed by atoms with E-state index in [-0.39, 0.29) is 23.8 Å². The Morgan fingerprint density at radius 2 is 2.18 bits per heavy atom. The van der Waals surface area contributed by atoms with Gasteiger partial charge in [-0.05, 0) is 12.8 Å². The minimum Gasteiger partial charge on any atom is -0.279 e. The third-order valence-corrected chi connectivity index (χ3v) is 2.61. The molecule has 2 rings (SSSR count). The molecule has 3 nitrogen and oxygen atoms in total. The van der Waals surface area contributed by atoms with E-state index in [1.54, 1.807) is 0 Å². The number of carbonyl (C=O) groups excluding carboxylic acids is 2. The molecule has 2 aliphatic rings. The molecule has 0 aromatic carbocycles. The summed E-state index contributed by atoms with van der Waals surface area (Å²) in [5.74, 6) is 0.145. The van der Waals surface area contributed by atoms with Crippen molar-refractivity contribution in [1.82, 2.24) is 4.90 Å². The Morgan fingerprint density at radius 1 is 1.45 bits per heavy atom. The second-order valence-corrected chi connectivity index (χ2v) is 3.43. The summed E-state index contributed by atoms with van der Waals surface area (Å²) in [5.41, 5.74) is 0. The van der Waals surface area contributed by atoms with Crippen LogP contribution in [-0.4, -0.2) is 22.8 Å². The lowest BCUT2D eigenvalue weighted by molar-refractivity contribution is -0.141. The molecule has 60 valence electrons. The van der Waals surface area contributed by atoms with E-state index in [0.717, 1.165) is 12.8 Å². The van der Waals surface area contributed by atoms with Gasteiger partial charge in [-0.1, -0.05) is 6.92 Å².